The van der Waals surface area contributed by atoms with Crippen LogP contribution in [0.2, 0.25) is 5.02 Å². The van der Waals surface area contributed by atoms with Gasteiger partial charge in [0.2, 0.25) is 0 Å². The number of aromatic nitrogens is 2. The third-order valence-electron chi connectivity index (χ3n) is 2.88. The number of nitrogens with one attached hydrogen (secondary N) is 2. The minimum Gasteiger partial charge on any atom is -0.345 e. The number of amides is 1. The minimum absolute atomic E-state index is 0.0242. The molecule has 5 nitrogen and oxygen atoms in total. The first-order chi connectivity index (χ1) is 10.1. The fourth-order valence-electron chi connectivity index (χ4n) is 1.82. The Morgan fingerprint density at radius 1 is 1.52 bits per heavy atom. The van der Waals surface area contributed by atoms with Crippen LogP contribution in [0.25, 0.3) is 6.08 Å². The van der Waals surface area contributed by atoms with Crippen LogP contribution >= 0.6 is 11.6 Å². The van der Waals surface area contributed by atoms with E-state index in [2.05, 4.69) is 15.3 Å². The van der Waals surface area contributed by atoms with Gasteiger partial charge in [-0.2, -0.15) is 5.26 Å². The number of carbonyl (C=O) groups excluding carboxylic acids is 1. The Morgan fingerprint density at radius 3 is 2.90 bits per heavy atom. The molecule has 2 aromatic rings. The predicted molar refractivity (Wildman–Crippen MR) is 80.2 cm³/mol. The Hall–Kier alpha value is -2.58. The highest BCUT2D eigenvalue weighted by Crippen LogP contribution is 2.22. The molecule has 0 aliphatic heterocycles. The number of benzene rings is 1. The second kappa shape index (κ2) is 6.73. The van der Waals surface area contributed by atoms with E-state index in [1.807, 2.05) is 24.3 Å². The van der Waals surface area contributed by atoms with Crippen LogP contribution in [0.1, 0.15) is 24.4 Å². The zero-order valence-corrected chi connectivity index (χ0v) is 12.1. The zero-order valence-electron chi connectivity index (χ0n) is 11.3. The monoisotopic (exact) mass is 300 g/mol. The van der Waals surface area contributed by atoms with Crippen LogP contribution in [0.5, 0.6) is 0 Å². The van der Waals surface area contributed by atoms with Gasteiger partial charge in [-0.3, -0.25) is 4.79 Å². The predicted octanol–water partition coefficient (Wildman–Crippen LogP) is 2.85. The van der Waals surface area contributed by atoms with E-state index in [9.17, 15) is 4.79 Å². The molecule has 1 aromatic heterocycles. The molecule has 0 saturated heterocycles. The molecule has 0 aliphatic carbocycles. The van der Waals surface area contributed by atoms with Crippen LogP contribution < -0.4 is 5.32 Å². The van der Waals surface area contributed by atoms with E-state index >= 15 is 0 Å². The normalized spacial score (nSPS) is 12.5. The van der Waals surface area contributed by atoms with Crippen molar-refractivity contribution < 1.29 is 4.79 Å². The van der Waals surface area contributed by atoms with Gasteiger partial charge in [0.05, 0.1) is 6.04 Å². The van der Waals surface area contributed by atoms with E-state index in [0.717, 1.165) is 5.56 Å². The summed E-state index contributed by atoms with van der Waals surface area (Å²) < 4.78 is 0. The van der Waals surface area contributed by atoms with Crippen molar-refractivity contribution in [1.82, 2.24) is 15.3 Å². The summed E-state index contributed by atoms with van der Waals surface area (Å²) in [5.74, 6) is -0.0200. The fourth-order valence-corrected chi connectivity index (χ4v) is 2.12. The van der Waals surface area contributed by atoms with Gasteiger partial charge < -0.3 is 10.3 Å². The molecule has 106 valence electrons. The molecule has 0 saturated carbocycles. The van der Waals surface area contributed by atoms with Crippen molar-refractivity contribution in [1.29, 1.82) is 5.26 Å². The third kappa shape index (κ3) is 3.71. The van der Waals surface area contributed by atoms with Crippen molar-refractivity contribution in [3.63, 3.8) is 0 Å². The number of aromatic amines is 1. The lowest BCUT2D eigenvalue weighted by molar-refractivity contribution is -0.117. The molecule has 1 atom stereocenters. The Balaban J connectivity index is 2.14. The van der Waals surface area contributed by atoms with Crippen molar-refractivity contribution in [2.24, 2.45) is 0 Å². The van der Waals surface area contributed by atoms with Gasteiger partial charge in [-0.15, -0.1) is 0 Å². The number of nitriles is 1. The lowest BCUT2D eigenvalue weighted by atomic mass is 10.1. The van der Waals surface area contributed by atoms with Gasteiger partial charge in [0, 0.05) is 23.5 Å². The fraction of sp³-hybridized carbons (Fsp3) is 0.133. The molecule has 2 N–H and O–H groups in total. The quantitative estimate of drug-likeness (QED) is 0.673. The van der Waals surface area contributed by atoms with Crippen LogP contribution in [0, 0.1) is 11.3 Å². The standard InChI is InChI=1S/C15H13ClN4O/c1-10(12-4-2-3-5-13(12)16)20-15(21)11(9-17)8-14-18-6-7-19-14/h2-8,10H,1H3,(H,18,19)(H,20,21)/t10-/m0/s1. The number of carbonyl (C=O) groups is 1. The van der Waals surface area contributed by atoms with Crippen LogP contribution in [0.3, 0.4) is 0 Å². The number of hydrogen-bond acceptors (Lipinski definition) is 3. The molecule has 0 radical (unpaired) electrons. The Kier molecular flexibility index (Phi) is 4.75. The Morgan fingerprint density at radius 2 is 2.29 bits per heavy atom. The van der Waals surface area contributed by atoms with Crippen LogP contribution in [-0.4, -0.2) is 15.9 Å². The van der Waals surface area contributed by atoms with E-state index in [1.165, 1.54) is 6.08 Å². The van der Waals surface area contributed by atoms with Crippen LogP contribution in [0.4, 0.5) is 0 Å². The molecular formula is C15H13ClN4O. The van der Waals surface area contributed by atoms with E-state index in [-0.39, 0.29) is 11.6 Å². The van der Waals surface area contributed by atoms with E-state index < -0.39 is 5.91 Å². The van der Waals surface area contributed by atoms with Gasteiger partial charge in [0.1, 0.15) is 17.5 Å². The summed E-state index contributed by atoms with van der Waals surface area (Å²) in [5, 5.41) is 12.4. The Bertz CT molecular complexity index is 701. The molecule has 0 spiro atoms. The number of halogens is 1. The summed E-state index contributed by atoms with van der Waals surface area (Å²) in [4.78, 5) is 18.9. The molecule has 2 rings (SSSR count). The summed E-state index contributed by atoms with van der Waals surface area (Å²) in [6.45, 7) is 1.81. The number of imidazole rings is 1. The van der Waals surface area contributed by atoms with Crippen molar-refractivity contribution in [2.75, 3.05) is 0 Å². The summed E-state index contributed by atoms with van der Waals surface area (Å²) in [7, 11) is 0. The van der Waals surface area contributed by atoms with Gasteiger partial charge in [-0.25, -0.2) is 4.98 Å². The molecule has 21 heavy (non-hydrogen) atoms. The van der Waals surface area contributed by atoms with Crippen LogP contribution in [0.15, 0.2) is 42.2 Å². The second-order valence-electron chi connectivity index (χ2n) is 4.36. The maximum atomic E-state index is 12.1. The molecule has 0 aliphatic rings. The van der Waals surface area contributed by atoms with Gasteiger partial charge in [0.15, 0.2) is 0 Å². The smallest absolute Gasteiger partial charge is 0.262 e. The number of nitrogens with zero attached hydrogens (tertiary/aromatic N) is 2. The van der Waals surface area contributed by atoms with Crippen molar-refractivity contribution in [3.05, 3.63) is 58.6 Å². The highest BCUT2D eigenvalue weighted by atomic mass is 35.5. The third-order valence-corrected chi connectivity index (χ3v) is 3.23. The van der Waals surface area contributed by atoms with Gasteiger partial charge in [-0.05, 0) is 18.6 Å². The van der Waals surface area contributed by atoms with Gasteiger partial charge in [-0.1, -0.05) is 29.8 Å². The highest BCUT2D eigenvalue weighted by Gasteiger charge is 2.15. The van der Waals surface area contributed by atoms with Gasteiger partial charge in [0.25, 0.3) is 5.91 Å². The van der Waals surface area contributed by atoms with Crippen molar-refractivity contribution in [2.45, 2.75) is 13.0 Å². The molecule has 1 heterocycles. The molecule has 0 bridgehead atoms. The lowest BCUT2D eigenvalue weighted by Gasteiger charge is -2.15. The molecular weight excluding hydrogens is 288 g/mol. The van der Waals surface area contributed by atoms with Gasteiger partial charge >= 0.3 is 0 Å². The second-order valence-corrected chi connectivity index (χ2v) is 4.77. The summed E-state index contributed by atoms with van der Waals surface area (Å²) in [5.41, 5.74) is 0.770. The average molecular weight is 301 g/mol. The van der Waals surface area contributed by atoms with Crippen molar-refractivity contribution in [3.8, 4) is 6.07 Å². The van der Waals surface area contributed by atoms with E-state index in [0.29, 0.717) is 10.8 Å². The SMILES string of the molecule is C[C@H](NC(=O)C(C#N)=Cc1ncc[nH]1)c1ccccc1Cl. The number of hydrogen-bond donors (Lipinski definition) is 2. The summed E-state index contributed by atoms with van der Waals surface area (Å²) >= 11 is 6.09. The average Bonchev–Trinajstić information content (AvgIpc) is 2.98. The van der Waals surface area contributed by atoms with Crippen molar-refractivity contribution >= 4 is 23.6 Å². The molecule has 1 amide bonds. The first-order valence-electron chi connectivity index (χ1n) is 6.28. The van der Waals surface area contributed by atoms with E-state index in [1.54, 1.807) is 25.4 Å². The maximum absolute atomic E-state index is 12.1. The number of rotatable bonds is 4. The van der Waals surface area contributed by atoms with Crippen LogP contribution in [-0.2, 0) is 4.79 Å². The topological polar surface area (TPSA) is 81.6 Å². The first kappa shape index (κ1) is 14.8. The zero-order chi connectivity index (χ0) is 15.2. The van der Waals surface area contributed by atoms with E-state index in [4.69, 9.17) is 16.9 Å². The highest BCUT2D eigenvalue weighted by molar-refractivity contribution is 6.31. The molecule has 6 heteroatoms. The molecule has 0 unspecified atom stereocenters. The lowest BCUT2D eigenvalue weighted by Crippen LogP contribution is -2.27. The first-order valence-corrected chi connectivity index (χ1v) is 6.66. The minimum atomic E-state index is -0.471. The summed E-state index contributed by atoms with van der Waals surface area (Å²) in [6.07, 6.45) is 4.56. The molecule has 0 fully saturated rings. The number of H-pyrrole nitrogens is 1. The maximum Gasteiger partial charge on any atom is 0.262 e. The molecule has 1 aromatic carbocycles. The Labute approximate surface area is 127 Å². The summed E-state index contributed by atoms with van der Waals surface area (Å²) in [6, 6.07) is 8.80. The largest absolute Gasteiger partial charge is 0.345 e.